The molecule has 1 saturated carbocycles. The predicted octanol–water partition coefficient (Wildman–Crippen LogP) is 9.30. The molecule has 3 rings (SSSR count). The van der Waals surface area contributed by atoms with Crippen molar-refractivity contribution >= 4 is 17.3 Å². The molecule has 214 valence electrons. The van der Waals surface area contributed by atoms with Crippen molar-refractivity contribution in [2.24, 2.45) is 29.6 Å². The summed E-state index contributed by atoms with van der Waals surface area (Å²) >= 11 is 0. The van der Waals surface area contributed by atoms with Crippen LogP contribution in [0.4, 0.5) is 0 Å². The predicted molar refractivity (Wildman–Crippen MR) is 160 cm³/mol. The molecule has 1 aromatic carbocycles. The van der Waals surface area contributed by atoms with Crippen LogP contribution in [0.25, 0.3) is 0 Å². The van der Waals surface area contributed by atoms with Crippen molar-refractivity contribution in [3.05, 3.63) is 34.4 Å². The standard InChI is InChI=1S/C32H48O3.C3H8/c1-6-8-27(29(7-2)30(34)17-22(4)33)18-25-19-28-16-15-26(23(5)32(28)31(35)20-25)14-13-24-11-9-21(3)10-12-24;1-3-2/h15-16,21,24-25,27,29H,6-14,17-20H2,1-5H3;3H2,1-2H3. The van der Waals surface area contributed by atoms with Crippen molar-refractivity contribution in [3.63, 3.8) is 0 Å². The summed E-state index contributed by atoms with van der Waals surface area (Å²) in [5.41, 5.74) is 4.77. The normalized spacial score (nSPS) is 22.6. The zero-order valence-corrected chi connectivity index (χ0v) is 25.7. The lowest BCUT2D eigenvalue weighted by Crippen LogP contribution is -2.30. The van der Waals surface area contributed by atoms with Crippen LogP contribution in [0, 0.1) is 36.5 Å². The molecule has 2 aliphatic rings. The van der Waals surface area contributed by atoms with E-state index in [1.165, 1.54) is 62.1 Å². The van der Waals surface area contributed by atoms with Gasteiger partial charge in [-0.05, 0) is 86.3 Å². The molecule has 0 amide bonds. The van der Waals surface area contributed by atoms with Gasteiger partial charge < -0.3 is 0 Å². The molecule has 0 heterocycles. The van der Waals surface area contributed by atoms with Crippen LogP contribution in [-0.4, -0.2) is 17.3 Å². The van der Waals surface area contributed by atoms with E-state index >= 15 is 0 Å². The van der Waals surface area contributed by atoms with Gasteiger partial charge in [-0.1, -0.05) is 91.7 Å². The molecule has 38 heavy (non-hydrogen) atoms. The third-order valence-electron chi connectivity index (χ3n) is 9.02. The molecule has 3 heteroatoms. The minimum absolute atomic E-state index is 0.0465. The van der Waals surface area contributed by atoms with Crippen LogP contribution in [0.3, 0.4) is 0 Å². The smallest absolute Gasteiger partial charge is 0.163 e. The first-order valence-electron chi connectivity index (χ1n) is 15.8. The molecule has 0 N–H and O–H groups in total. The third-order valence-corrected chi connectivity index (χ3v) is 9.02. The first-order valence-corrected chi connectivity index (χ1v) is 15.8. The van der Waals surface area contributed by atoms with Crippen molar-refractivity contribution in [3.8, 4) is 0 Å². The van der Waals surface area contributed by atoms with Crippen molar-refractivity contribution in [2.45, 2.75) is 138 Å². The van der Waals surface area contributed by atoms with Gasteiger partial charge in [0.2, 0.25) is 0 Å². The maximum atomic E-state index is 13.4. The number of rotatable bonds is 12. The van der Waals surface area contributed by atoms with Crippen molar-refractivity contribution in [1.82, 2.24) is 0 Å². The average molecular weight is 525 g/mol. The number of ketones is 3. The van der Waals surface area contributed by atoms with Crippen LogP contribution in [-0.2, 0) is 22.4 Å². The van der Waals surface area contributed by atoms with Gasteiger partial charge >= 0.3 is 0 Å². The van der Waals surface area contributed by atoms with Gasteiger partial charge in [0.05, 0.1) is 6.42 Å². The Kier molecular flexibility index (Phi) is 14.0. The Labute approximate surface area is 233 Å². The van der Waals surface area contributed by atoms with E-state index in [-0.39, 0.29) is 29.8 Å². The Morgan fingerprint density at radius 2 is 1.63 bits per heavy atom. The van der Waals surface area contributed by atoms with E-state index in [4.69, 9.17) is 0 Å². The molecular formula is C35H56O3. The second-order valence-corrected chi connectivity index (χ2v) is 12.6. The summed E-state index contributed by atoms with van der Waals surface area (Å²) in [4.78, 5) is 37.7. The van der Waals surface area contributed by atoms with Gasteiger partial charge in [-0.2, -0.15) is 0 Å². The Bertz CT molecular complexity index is 906. The summed E-state index contributed by atoms with van der Waals surface area (Å²) < 4.78 is 0. The van der Waals surface area contributed by atoms with Gasteiger partial charge in [0.1, 0.15) is 11.6 Å². The lowest BCUT2D eigenvalue weighted by Gasteiger charge is -2.32. The second-order valence-electron chi connectivity index (χ2n) is 12.6. The first-order chi connectivity index (χ1) is 18.1. The molecule has 1 fully saturated rings. The minimum atomic E-state index is -0.0674. The quantitative estimate of drug-likeness (QED) is 0.256. The van der Waals surface area contributed by atoms with E-state index in [1.54, 1.807) is 0 Å². The maximum absolute atomic E-state index is 13.4. The van der Waals surface area contributed by atoms with E-state index in [0.717, 1.165) is 55.9 Å². The first kappa shape index (κ1) is 32.4. The number of fused-ring (bicyclic) bond motifs is 1. The average Bonchev–Trinajstić information content (AvgIpc) is 2.85. The van der Waals surface area contributed by atoms with E-state index in [0.29, 0.717) is 18.1 Å². The summed E-state index contributed by atoms with van der Waals surface area (Å²) in [5, 5.41) is 0. The van der Waals surface area contributed by atoms with Gasteiger partial charge in [-0.15, -0.1) is 0 Å². The fourth-order valence-corrected chi connectivity index (χ4v) is 7.01. The minimum Gasteiger partial charge on any atom is -0.300 e. The molecule has 2 aliphatic carbocycles. The molecule has 0 spiro atoms. The van der Waals surface area contributed by atoms with Crippen LogP contribution >= 0.6 is 0 Å². The number of Topliss-reactive ketones (excluding diaryl/α,β-unsaturated/α-hetero) is 3. The number of carbonyl (C=O) groups is 3. The van der Waals surface area contributed by atoms with Crippen LogP contribution < -0.4 is 0 Å². The topological polar surface area (TPSA) is 51.2 Å². The van der Waals surface area contributed by atoms with Crippen LogP contribution in [0.5, 0.6) is 0 Å². The fraction of sp³-hybridized carbons (Fsp3) is 0.743. The highest BCUT2D eigenvalue weighted by Crippen LogP contribution is 2.38. The summed E-state index contributed by atoms with van der Waals surface area (Å²) in [6.07, 6.45) is 14.3. The highest BCUT2D eigenvalue weighted by Gasteiger charge is 2.33. The summed E-state index contributed by atoms with van der Waals surface area (Å²) in [6.45, 7) is 14.5. The molecule has 0 bridgehead atoms. The lowest BCUT2D eigenvalue weighted by atomic mass is 9.71. The maximum Gasteiger partial charge on any atom is 0.163 e. The number of carbonyl (C=O) groups excluding carboxylic acids is 3. The zero-order valence-electron chi connectivity index (χ0n) is 25.7. The number of aryl methyl sites for hydroxylation is 1. The molecule has 0 saturated heterocycles. The summed E-state index contributed by atoms with van der Waals surface area (Å²) in [7, 11) is 0. The van der Waals surface area contributed by atoms with E-state index in [9.17, 15) is 14.4 Å². The molecule has 1 aromatic rings. The number of hydrogen-bond acceptors (Lipinski definition) is 3. The van der Waals surface area contributed by atoms with E-state index in [2.05, 4.69) is 53.7 Å². The van der Waals surface area contributed by atoms with Crippen LogP contribution in [0.15, 0.2) is 12.1 Å². The largest absolute Gasteiger partial charge is 0.300 e. The Morgan fingerprint density at radius 1 is 0.974 bits per heavy atom. The summed E-state index contributed by atoms with van der Waals surface area (Å²) in [6, 6.07) is 4.50. The van der Waals surface area contributed by atoms with Crippen molar-refractivity contribution in [1.29, 1.82) is 0 Å². The van der Waals surface area contributed by atoms with Gasteiger partial charge in [0, 0.05) is 17.9 Å². The highest BCUT2D eigenvalue weighted by molar-refractivity contribution is 6.00. The number of hydrogen-bond donors (Lipinski definition) is 0. The van der Waals surface area contributed by atoms with Crippen molar-refractivity contribution < 1.29 is 14.4 Å². The van der Waals surface area contributed by atoms with Gasteiger partial charge in [0.15, 0.2) is 5.78 Å². The van der Waals surface area contributed by atoms with Crippen LogP contribution in [0.2, 0.25) is 0 Å². The van der Waals surface area contributed by atoms with Gasteiger partial charge in [-0.3, -0.25) is 14.4 Å². The zero-order chi connectivity index (χ0) is 28.2. The van der Waals surface area contributed by atoms with Gasteiger partial charge in [-0.25, -0.2) is 0 Å². The molecule has 3 unspecified atom stereocenters. The van der Waals surface area contributed by atoms with E-state index in [1.807, 2.05) is 0 Å². The Balaban J connectivity index is 0.00000161. The fourth-order valence-electron chi connectivity index (χ4n) is 7.01. The Hall–Kier alpha value is -1.77. The summed E-state index contributed by atoms with van der Waals surface area (Å²) in [5.74, 6) is 2.55. The molecular weight excluding hydrogens is 468 g/mol. The van der Waals surface area contributed by atoms with Crippen LogP contribution in [0.1, 0.15) is 146 Å². The third kappa shape index (κ3) is 9.45. The van der Waals surface area contributed by atoms with Crippen molar-refractivity contribution in [2.75, 3.05) is 0 Å². The molecule has 0 radical (unpaired) electrons. The lowest BCUT2D eigenvalue weighted by molar-refractivity contribution is -0.129. The molecule has 0 aliphatic heterocycles. The SMILES string of the molecule is CCC.CCCC(CC1CC(=O)c2c(ccc(CCC3CCC(C)CC3)c2C)C1)C(CC)C(=O)CC(C)=O. The van der Waals surface area contributed by atoms with Gasteiger partial charge in [0.25, 0.3) is 0 Å². The molecule has 3 nitrogen and oxygen atoms in total. The number of benzene rings is 1. The second kappa shape index (κ2) is 16.4. The Morgan fingerprint density at radius 3 is 2.21 bits per heavy atom. The molecule has 0 aromatic heterocycles. The highest BCUT2D eigenvalue weighted by atomic mass is 16.1. The molecule has 3 atom stereocenters. The van der Waals surface area contributed by atoms with E-state index < -0.39 is 0 Å². The monoisotopic (exact) mass is 524 g/mol.